The summed E-state index contributed by atoms with van der Waals surface area (Å²) in [5.74, 6) is -1.30. The summed E-state index contributed by atoms with van der Waals surface area (Å²) in [6.07, 6.45) is 0.604. The molecular formula is C20H19ClN4O4S. The van der Waals surface area contributed by atoms with Crippen LogP contribution in [0.25, 0.3) is 0 Å². The molecule has 0 bridgehead atoms. The molecular weight excluding hydrogens is 428 g/mol. The smallest absolute Gasteiger partial charge is 0.269 e. The number of hydrogen-bond donors (Lipinski definition) is 2. The number of sulfonamides is 1. The van der Waals surface area contributed by atoms with Gasteiger partial charge in [0.1, 0.15) is 6.07 Å². The molecule has 0 unspecified atom stereocenters. The molecule has 2 aromatic carbocycles. The minimum absolute atomic E-state index is 0.0365. The third-order valence-electron chi connectivity index (χ3n) is 4.86. The minimum Gasteiger partial charge on any atom is -0.273 e. The summed E-state index contributed by atoms with van der Waals surface area (Å²) in [7, 11) is -3.82. The SMILES string of the molecule is N#Cc1ccccc1S(=O)(=O)N1CCC(C(=O)NNC(=O)c2ccc(Cl)cc2)CC1. The van der Waals surface area contributed by atoms with Crippen molar-refractivity contribution in [3.63, 3.8) is 0 Å². The fourth-order valence-corrected chi connectivity index (χ4v) is 4.91. The van der Waals surface area contributed by atoms with E-state index in [2.05, 4.69) is 10.9 Å². The highest BCUT2D eigenvalue weighted by Gasteiger charge is 2.33. The predicted octanol–water partition coefficient (Wildman–Crippen LogP) is 2.07. The van der Waals surface area contributed by atoms with Gasteiger partial charge in [0.2, 0.25) is 15.9 Å². The van der Waals surface area contributed by atoms with Gasteiger partial charge in [-0.15, -0.1) is 0 Å². The van der Waals surface area contributed by atoms with Gasteiger partial charge in [-0.3, -0.25) is 20.4 Å². The van der Waals surface area contributed by atoms with Crippen LogP contribution in [0.3, 0.4) is 0 Å². The van der Waals surface area contributed by atoms with Crippen molar-refractivity contribution in [1.82, 2.24) is 15.2 Å². The van der Waals surface area contributed by atoms with E-state index in [1.54, 1.807) is 24.3 Å². The molecule has 8 nitrogen and oxygen atoms in total. The lowest BCUT2D eigenvalue weighted by molar-refractivity contribution is -0.126. The van der Waals surface area contributed by atoms with Crippen LogP contribution in [0.1, 0.15) is 28.8 Å². The number of hydrazine groups is 1. The average molecular weight is 447 g/mol. The third-order valence-corrected chi connectivity index (χ3v) is 7.06. The Morgan fingerprint density at radius 3 is 2.30 bits per heavy atom. The van der Waals surface area contributed by atoms with Gasteiger partial charge in [0, 0.05) is 29.6 Å². The molecule has 1 aliphatic heterocycles. The Morgan fingerprint density at radius 1 is 1.03 bits per heavy atom. The molecule has 156 valence electrons. The van der Waals surface area contributed by atoms with Crippen LogP contribution in [-0.4, -0.2) is 37.6 Å². The second-order valence-corrected chi connectivity index (χ2v) is 9.08. The highest BCUT2D eigenvalue weighted by Crippen LogP contribution is 2.25. The molecule has 1 aliphatic rings. The fraction of sp³-hybridized carbons (Fsp3) is 0.250. The molecule has 0 saturated carbocycles. The Bertz CT molecular complexity index is 1090. The lowest BCUT2D eigenvalue weighted by Crippen LogP contribution is -2.48. The van der Waals surface area contributed by atoms with Crippen molar-refractivity contribution in [2.75, 3.05) is 13.1 Å². The number of hydrogen-bond acceptors (Lipinski definition) is 5. The lowest BCUT2D eigenvalue weighted by atomic mass is 9.98. The zero-order valence-electron chi connectivity index (χ0n) is 15.8. The zero-order valence-corrected chi connectivity index (χ0v) is 17.4. The summed E-state index contributed by atoms with van der Waals surface area (Å²) in [5, 5.41) is 9.66. The van der Waals surface area contributed by atoms with Crippen molar-refractivity contribution in [3.8, 4) is 6.07 Å². The number of nitrogens with one attached hydrogen (secondary N) is 2. The fourth-order valence-electron chi connectivity index (χ4n) is 3.18. The Balaban J connectivity index is 1.56. The van der Waals surface area contributed by atoms with Crippen LogP contribution in [0.4, 0.5) is 0 Å². The van der Waals surface area contributed by atoms with Crippen LogP contribution in [-0.2, 0) is 14.8 Å². The first-order valence-electron chi connectivity index (χ1n) is 9.18. The van der Waals surface area contributed by atoms with Gasteiger partial charge in [-0.05, 0) is 49.2 Å². The molecule has 0 aromatic heterocycles. The number of halogens is 1. The number of carbonyl (C=O) groups excluding carboxylic acids is 2. The average Bonchev–Trinajstić information content (AvgIpc) is 2.77. The molecule has 1 saturated heterocycles. The quantitative estimate of drug-likeness (QED) is 0.697. The van der Waals surface area contributed by atoms with Crippen LogP contribution in [0, 0.1) is 17.2 Å². The molecule has 0 aliphatic carbocycles. The Labute approximate surface area is 179 Å². The summed E-state index contributed by atoms with van der Waals surface area (Å²) in [6, 6.07) is 14.1. The van der Waals surface area contributed by atoms with Crippen molar-refractivity contribution >= 4 is 33.4 Å². The van der Waals surface area contributed by atoms with Crippen LogP contribution in [0.5, 0.6) is 0 Å². The van der Waals surface area contributed by atoms with Crippen LogP contribution < -0.4 is 10.9 Å². The summed E-state index contributed by atoms with van der Waals surface area (Å²) >= 11 is 5.78. The van der Waals surface area contributed by atoms with E-state index >= 15 is 0 Å². The Kier molecular flexibility index (Phi) is 6.72. The van der Waals surface area contributed by atoms with E-state index in [4.69, 9.17) is 16.9 Å². The van der Waals surface area contributed by atoms with Gasteiger partial charge in [-0.25, -0.2) is 8.42 Å². The van der Waals surface area contributed by atoms with Gasteiger partial charge in [-0.2, -0.15) is 9.57 Å². The Morgan fingerprint density at radius 2 is 1.67 bits per heavy atom. The van der Waals surface area contributed by atoms with Gasteiger partial charge in [0.05, 0.1) is 10.5 Å². The topological polar surface area (TPSA) is 119 Å². The van der Waals surface area contributed by atoms with Crippen LogP contribution >= 0.6 is 11.6 Å². The van der Waals surface area contributed by atoms with Crippen molar-refractivity contribution in [3.05, 3.63) is 64.7 Å². The van der Waals surface area contributed by atoms with Crippen molar-refractivity contribution in [2.45, 2.75) is 17.7 Å². The van der Waals surface area contributed by atoms with Gasteiger partial charge in [-0.1, -0.05) is 23.7 Å². The number of nitriles is 1. The first-order chi connectivity index (χ1) is 14.3. The summed E-state index contributed by atoms with van der Waals surface area (Å²) < 4.78 is 27.0. The molecule has 2 aromatic rings. The molecule has 0 spiro atoms. The molecule has 30 heavy (non-hydrogen) atoms. The zero-order chi connectivity index (χ0) is 21.7. The first-order valence-corrected chi connectivity index (χ1v) is 11.0. The largest absolute Gasteiger partial charge is 0.273 e. The number of benzene rings is 2. The number of nitrogens with zero attached hydrogens (tertiary/aromatic N) is 2. The van der Waals surface area contributed by atoms with Gasteiger partial charge < -0.3 is 0 Å². The van der Waals surface area contributed by atoms with Crippen LogP contribution in [0.15, 0.2) is 53.4 Å². The summed E-state index contributed by atoms with van der Waals surface area (Å²) in [4.78, 5) is 24.4. The van der Waals surface area contributed by atoms with Gasteiger partial charge >= 0.3 is 0 Å². The van der Waals surface area contributed by atoms with Crippen molar-refractivity contribution in [1.29, 1.82) is 5.26 Å². The number of amides is 2. The second-order valence-electron chi connectivity index (χ2n) is 6.74. The maximum Gasteiger partial charge on any atom is 0.269 e. The van der Waals surface area contributed by atoms with Crippen LogP contribution in [0.2, 0.25) is 5.02 Å². The molecule has 10 heteroatoms. The van der Waals surface area contributed by atoms with E-state index in [1.165, 1.54) is 28.6 Å². The molecule has 3 rings (SSSR count). The molecule has 2 N–H and O–H groups in total. The number of carbonyl (C=O) groups is 2. The maximum absolute atomic E-state index is 12.8. The highest BCUT2D eigenvalue weighted by molar-refractivity contribution is 7.89. The monoisotopic (exact) mass is 446 g/mol. The first kappa shape index (κ1) is 21.8. The summed E-state index contributed by atoms with van der Waals surface area (Å²) in [5.41, 5.74) is 5.16. The number of rotatable bonds is 4. The van der Waals surface area contributed by atoms with E-state index in [9.17, 15) is 18.0 Å². The van der Waals surface area contributed by atoms with E-state index < -0.39 is 21.8 Å². The van der Waals surface area contributed by atoms with Crippen molar-refractivity contribution < 1.29 is 18.0 Å². The molecule has 2 amide bonds. The van der Waals surface area contributed by atoms with E-state index in [-0.39, 0.29) is 29.5 Å². The van der Waals surface area contributed by atoms with Gasteiger partial charge in [0.25, 0.3) is 5.91 Å². The normalized spacial score (nSPS) is 15.2. The lowest BCUT2D eigenvalue weighted by Gasteiger charge is -2.30. The third kappa shape index (κ3) is 4.79. The minimum atomic E-state index is -3.82. The Hall–Kier alpha value is -2.93. The van der Waals surface area contributed by atoms with E-state index in [0.29, 0.717) is 23.4 Å². The van der Waals surface area contributed by atoms with E-state index in [0.717, 1.165) is 0 Å². The standard InChI is InChI=1S/C20H19ClN4O4S/c21-17-7-5-14(6-8-17)19(26)23-24-20(27)15-9-11-25(12-10-15)30(28,29)18-4-2-1-3-16(18)13-22/h1-8,15H,9-12H2,(H,23,26)(H,24,27). The van der Waals surface area contributed by atoms with Crippen molar-refractivity contribution in [2.24, 2.45) is 5.92 Å². The molecule has 0 atom stereocenters. The molecule has 1 heterocycles. The highest BCUT2D eigenvalue weighted by atomic mass is 35.5. The van der Waals surface area contributed by atoms with E-state index in [1.807, 2.05) is 6.07 Å². The van der Waals surface area contributed by atoms with Gasteiger partial charge in [0.15, 0.2) is 0 Å². The second kappa shape index (κ2) is 9.26. The maximum atomic E-state index is 12.8. The summed E-state index contributed by atoms with van der Waals surface area (Å²) in [6.45, 7) is 0.288. The predicted molar refractivity (Wildman–Crippen MR) is 110 cm³/mol. The number of piperidine rings is 1. The molecule has 0 radical (unpaired) electrons. The molecule has 1 fully saturated rings.